The Morgan fingerprint density at radius 1 is 1.50 bits per heavy atom. The molecule has 2 rings (SSSR count). The molecule has 0 aromatic heterocycles. The lowest BCUT2D eigenvalue weighted by Gasteiger charge is -2.31. The van der Waals surface area contributed by atoms with Gasteiger partial charge < -0.3 is 14.7 Å². The van der Waals surface area contributed by atoms with Gasteiger partial charge in [-0.05, 0) is 32.4 Å². The summed E-state index contributed by atoms with van der Waals surface area (Å²) in [6.07, 6.45) is 0.231. The third-order valence-electron chi connectivity index (χ3n) is 3.66. The third kappa shape index (κ3) is 2.35. The van der Waals surface area contributed by atoms with Crippen LogP contribution in [0.4, 0.5) is 10.1 Å². The summed E-state index contributed by atoms with van der Waals surface area (Å²) in [5.74, 6) is -0.360. The van der Waals surface area contributed by atoms with Crippen molar-refractivity contribution < 1.29 is 14.2 Å². The van der Waals surface area contributed by atoms with E-state index in [9.17, 15) is 9.50 Å². The minimum absolute atomic E-state index is 0.125. The first-order valence-corrected chi connectivity index (χ1v) is 6.33. The molecule has 1 aromatic rings. The predicted molar refractivity (Wildman–Crippen MR) is 69.3 cm³/mol. The maximum Gasteiger partial charge on any atom is 0.131 e. The molecule has 2 unspecified atom stereocenters. The molecule has 0 amide bonds. The zero-order chi connectivity index (χ0) is 13.3. The van der Waals surface area contributed by atoms with Crippen molar-refractivity contribution in [3.8, 4) is 0 Å². The van der Waals surface area contributed by atoms with Crippen LogP contribution >= 0.6 is 0 Å². The van der Waals surface area contributed by atoms with Crippen molar-refractivity contribution in [1.82, 2.24) is 0 Å². The van der Waals surface area contributed by atoms with Gasteiger partial charge in [-0.1, -0.05) is 6.07 Å². The van der Waals surface area contributed by atoms with Gasteiger partial charge in [0.15, 0.2) is 0 Å². The van der Waals surface area contributed by atoms with Crippen molar-refractivity contribution in [3.63, 3.8) is 0 Å². The number of rotatable bonds is 3. The van der Waals surface area contributed by atoms with Crippen LogP contribution in [-0.2, 0) is 4.74 Å². The second-order valence-corrected chi connectivity index (χ2v) is 4.89. The lowest BCUT2D eigenvalue weighted by molar-refractivity contribution is 0.118. The molecule has 1 aromatic carbocycles. The number of hydrogen-bond donors (Lipinski definition) is 1. The number of halogens is 1. The standard InChI is InChI=1S/C14H20FNO2/c1-9(17)14-11(15)5-4-6-13(14)16(3)12-7-8-18-10(12)2/h4-6,9-10,12,17H,7-8H2,1-3H3/t9-,10?,12?/m0/s1. The summed E-state index contributed by atoms with van der Waals surface area (Å²) in [7, 11) is 1.93. The normalized spacial score (nSPS) is 25.2. The molecule has 3 nitrogen and oxygen atoms in total. The number of aliphatic hydroxyl groups excluding tert-OH is 1. The monoisotopic (exact) mass is 253 g/mol. The Labute approximate surface area is 107 Å². The molecule has 1 saturated heterocycles. The van der Waals surface area contributed by atoms with Crippen molar-refractivity contribution in [1.29, 1.82) is 0 Å². The molecule has 0 saturated carbocycles. The van der Waals surface area contributed by atoms with Crippen LogP contribution in [-0.4, -0.2) is 30.9 Å². The summed E-state index contributed by atoms with van der Waals surface area (Å²) < 4.78 is 19.4. The second-order valence-electron chi connectivity index (χ2n) is 4.89. The molecule has 18 heavy (non-hydrogen) atoms. The molecule has 1 heterocycles. The van der Waals surface area contributed by atoms with E-state index >= 15 is 0 Å². The van der Waals surface area contributed by atoms with Gasteiger partial charge in [-0.2, -0.15) is 0 Å². The Bertz CT molecular complexity index is 422. The largest absolute Gasteiger partial charge is 0.389 e. The van der Waals surface area contributed by atoms with Crippen LogP contribution < -0.4 is 4.90 Å². The topological polar surface area (TPSA) is 32.7 Å². The van der Waals surface area contributed by atoms with Crippen molar-refractivity contribution in [2.75, 3.05) is 18.6 Å². The fourth-order valence-electron chi connectivity index (χ4n) is 2.65. The molecule has 0 aliphatic carbocycles. The van der Waals surface area contributed by atoms with Crippen molar-refractivity contribution >= 4 is 5.69 Å². The first-order valence-electron chi connectivity index (χ1n) is 6.33. The third-order valence-corrected chi connectivity index (χ3v) is 3.66. The van der Waals surface area contributed by atoms with E-state index in [1.165, 1.54) is 6.07 Å². The fourth-order valence-corrected chi connectivity index (χ4v) is 2.65. The van der Waals surface area contributed by atoms with E-state index in [2.05, 4.69) is 0 Å². The summed E-state index contributed by atoms with van der Waals surface area (Å²) in [5, 5.41) is 9.75. The average Bonchev–Trinajstić information content (AvgIpc) is 2.73. The van der Waals surface area contributed by atoms with Crippen LogP contribution in [0.1, 0.15) is 31.9 Å². The zero-order valence-corrected chi connectivity index (χ0v) is 11.1. The maximum atomic E-state index is 13.8. The van der Waals surface area contributed by atoms with Gasteiger partial charge in [-0.3, -0.25) is 0 Å². The number of nitrogens with zero attached hydrogens (tertiary/aromatic N) is 1. The van der Waals surface area contributed by atoms with Gasteiger partial charge in [0.1, 0.15) is 5.82 Å². The number of anilines is 1. The Hall–Kier alpha value is -1.13. The van der Waals surface area contributed by atoms with Gasteiger partial charge in [0.2, 0.25) is 0 Å². The average molecular weight is 253 g/mol. The number of ether oxygens (including phenoxy) is 1. The Morgan fingerprint density at radius 2 is 2.22 bits per heavy atom. The number of aliphatic hydroxyl groups is 1. The number of benzene rings is 1. The van der Waals surface area contributed by atoms with Gasteiger partial charge in [0.25, 0.3) is 0 Å². The van der Waals surface area contributed by atoms with E-state index < -0.39 is 6.10 Å². The summed E-state index contributed by atoms with van der Waals surface area (Å²) in [4.78, 5) is 2.02. The Kier molecular flexibility index (Phi) is 3.88. The zero-order valence-electron chi connectivity index (χ0n) is 11.1. The maximum absolute atomic E-state index is 13.8. The van der Waals surface area contributed by atoms with E-state index in [0.717, 1.165) is 18.7 Å². The van der Waals surface area contributed by atoms with Crippen molar-refractivity contribution in [2.45, 2.75) is 38.5 Å². The summed E-state index contributed by atoms with van der Waals surface area (Å²) in [5.41, 5.74) is 1.10. The number of hydrogen-bond acceptors (Lipinski definition) is 3. The molecule has 1 N–H and O–H groups in total. The summed E-state index contributed by atoms with van der Waals surface area (Å²) >= 11 is 0. The molecule has 0 spiro atoms. The van der Waals surface area contributed by atoms with Crippen LogP contribution in [0.5, 0.6) is 0 Å². The highest BCUT2D eigenvalue weighted by molar-refractivity contribution is 5.55. The van der Waals surface area contributed by atoms with Gasteiger partial charge in [0, 0.05) is 24.9 Å². The first-order chi connectivity index (χ1) is 8.52. The molecule has 0 bridgehead atoms. The molecule has 1 aliphatic heterocycles. The molecule has 1 aliphatic rings. The molecule has 0 radical (unpaired) electrons. The number of likely N-dealkylation sites (N-methyl/N-ethyl adjacent to an activating group) is 1. The quantitative estimate of drug-likeness (QED) is 0.898. The van der Waals surface area contributed by atoms with E-state index in [1.54, 1.807) is 13.0 Å². The summed E-state index contributed by atoms with van der Waals surface area (Å²) in [6, 6.07) is 5.13. The van der Waals surface area contributed by atoms with E-state index in [0.29, 0.717) is 5.56 Å². The summed E-state index contributed by atoms with van der Waals surface area (Å²) in [6.45, 7) is 4.34. The highest BCUT2D eigenvalue weighted by atomic mass is 19.1. The molecule has 3 atom stereocenters. The SMILES string of the molecule is CC1OCCC1N(C)c1cccc(F)c1[C@H](C)O. The van der Waals surface area contributed by atoms with Crippen LogP contribution in [0, 0.1) is 5.82 Å². The van der Waals surface area contributed by atoms with Crippen molar-refractivity contribution in [2.24, 2.45) is 0 Å². The highest BCUT2D eigenvalue weighted by Crippen LogP contribution is 2.32. The van der Waals surface area contributed by atoms with Crippen LogP contribution in [0.15, 0.2) is 18.2 Å². The van der Waals surface area contributed by atoms with Crippen LogP contribution in [0.2, 0.25) is 0 Å². The van der Waals surface area contributed by atoms with Crippen LogP contribution in [0.25, 0.3) is 0 Å². The van der Waals surface area contributed by atoms with Gasteiger partial charge >= 0.3 is 0 Å². The highest BCUT2D eigenvalue weighted by Gasteiger charge is 2.30. The second kappa shape index (κ2) is 5.24. The molecule has 100 valence electrons. The van der Waals surface area contributed by atoms with Gasteiger partial charge in [-0.25, -0.2) is 4.39 Å². The molecular weight excluding hydrogens is 233 g/mol. The molecule has 4 heteroatoms. The van der Waals surface area contributed by atoms with E-state index in [1.807, 2.05) is 24.9 Å². The lowest BCUT2D eigenvalue weighted by atomic mass is 10.0. The molecular formula is C14H20FNO2. The minimum atomic E-state index is -0.818. The Balaban J connectivity index is 2.35. The lowest BCUT2D eigenvalue weighted by Crippen LogP contribution is -2.37. The van der Waals surface area contributed by atoms with Crippen molar-refractivity contribution in [3.05, 3.63) is 29.6 Å². The van der Waals surface area contributed by atoms with Crippen LogP contribution in [0.3, 0.4) is 0 Å². The minimum Gasteiger partial charge on any atom is -0.389 e. The smallest absolute Gasteiger partial charge is 0.131 e. The van der Waals surface area contributed by atoms with E-state index in [4.69, 9.17) is 4.74 Å². The predicted octanol–water partition coefficient (Wildman–Crippen LogP) is 2.49. The Morgan fingerprint density at radius 3 is 2.78 bits per heavy atom. The van der Waals surface area contributed by atoms with E-state index in [-0.39, 0.29) is 18.0 Å². The first kappa shape index (κ1) is 13.3. The molecule has 1 fully saturated rings. The van der Waals surface area contributed by atoms with Gasteiger partial charge in [-0.15, -0.1) is 0 Å². The van der Waals surface area contributed by atoms with Gasteiger partial charge in [0.05, 0.1) is 18.2 Å². The fraction of sp³-hybridized carbons (Fsp3) is 0.571.